The monoisotopic (exact) mass is 285 g/mol. The van der Waals surface area contributed by atoms with Crippen molar-refractivity contribution in [2.75, 3.05) is 6.61 Å². The Morgan fingerprint density at radius 3 is 2.95 bits per heavy atom. The van der Waals surface area contributed by atoms with E-state index in [0.717, 1.165) is 25.7 Å². The number of hydrogen-bond donors (Lipinski definition) is 2. The Hall–Kier alpha value is -1.61. The maximum Gasteiger partial charge on any atom is 0.230 e. The topological polar surface area (TPSA) is 49.3 Å². The van der Waals surface area contributed by atoms with E-state index in [9.17, 15) is 9.90 Å². The molecule has 3 atom stereocenters. The number of rotatable bonds is 3. The number of aryl methyl sites for hydroxylation is 1. The van der Waals surface area contributed by atoms with Crippen molar-refractivity contribution in [2.45, 2.75) is 44.1 Å². The lowest BCUT2D eigenvalue weighted by Gasteiger charge is -2.35. The van der Waals surface area contributed by atoms with Gasteiger partial charge in [-0.1, -0.05) is 36.4 Å². The van der Waals surface area contributed by atoms with Gasteiger partial charge in [-0.05, 0) is 43.7 Å². The Bertz CT molecular complexity index is 566. The van der Waals surface area contributed by atoms with Gasteiger partial charge in [0.05, 0.1) is 5.41 Å². The molecule has 21 heavy (non-hydrogen) atoms. The average Bonchev–Trinajstić information content (AvgIpc) is 2.95. The maximum absolute atomic E-state index is 12.8. The van der Waals surface area contributed by atoms with Crippen LogP contribution in [0.2, 0.25) is 0 Å². The van der Waals surface area contributed by atoms with Crippen molar-refractivity contribution in [1.29, 1.82) is 0 Å². The first-order valence-electron chi connectivity index (χ1n) is 7.82. The number of nitrogens with one attached hydrogen (secondary N) is 1. The zero-order valence-electron chi connectivity index (χ0n) is 12.5. The molecular weight excluding hydrogens is 262 g/mol. The minimum atomic E-state index is -0.431. The number of carbonyl (C=O) groups is 1. The molecule has 1 amide bonds. The zero-order valence-corrected chi connectivity index (χ0v) is 12.5. The van der Waals surface area contributed by atoms with Crippen LogP contribution in [0.1, 0.15) is 37.3 Å². The number of aliphatic hydroxyl groups excluding tert-OH is 1. The van der Waals surface area contributed by atoms with Gasteiger partial charge in [0.2, 0.25) is 5.91 Å². The van der Waals surface area contributed by atoms with Crippen LogP contribution in [0, 0.1) is 5.92 Å². The second-order valence-corrected chi connectivity index (χ2v) is 6.49. The lowest BCUT2D eigenvalue weighted by Crippen LogP contribution is -2.47. The Morgan fingerprint density at radius 2 is 2.19 bits per heavy atom. The summed E-state index contributed by atoms with van der Waals surface area (Å²) in [5.74, 6) is 0.296. The van der Waals surface area contributed by atoms with Crippen LogP contribution in [-0.2, 0) is 16.6 Å². The highest BCUT2D eigenvalue weighted by Crippen LogP contribution is 2.37. The van der Waals surface area contributed by atoms with E-state index in [0.29, 0.717) is 0 Å². The molecule has 0 saturated carbocycles. The van der Waals surface area contributed by atoms with Crippen molar-refractivity contribution in [3.05, 3.63) is 47.5 Å². The summed E-state index contributed by atoms with van der Waals surface area (Å²) in [7, 11) is 0. The van der Waals surface area contributed by atoms with Crippen molar-refractivity contribution >= 4 is 5.91 Å². The maximum atomic E-state index is 12.8. The molecule has 112 valence electrons. The van der Waals surface area contributed by atoms with Gasteiger partial charge in [-0.15, -0.1) is 0 Å². The summed E-state index contributed by atoms with van der Waals surface area (Å²) in [6.07, 6.45) is 7.84. The molecule has 3 nitrogen and oxygen atoms in total. The molecule has 0 fully saturated rings. The minimum Gasteiger partial charge on any atom is -0.396 e. The van der Waals surface area contributed by atoms with E-state index in [4.69, 9.17) is 0 Å². The molecule has 1 aromatic rings. The fourth-order valence-electron chi connectivity index (χ4n) is 3.62. The van der Waals surface area contributed by atoms with E-state index in [-0.39, 0.29) is 24.5 Å². The Labute approximate surface area is 126 Å². The summed E-state index contributed by atoms with van der Waals surface area (Å²) in [6, 6.07) is 8.36. The fraction of sp³-hybridized carbons (Fsp3) is 0.500. The summed E-state index contributed by atoms with van der Waals surface area (Å²) >= 11 is 0. The summed E-state index contributed by atoms with van der Waals surface area (Å²) in [5, 5.41) is 12.3. The van der Waals surface area contributed by atoms with Gasteiger partial charge in [0, 0.05) is 18.6 Å². The van der Waals surface area contributed by atoms with Crippen LogP contribution in [0.3, 0.4) is 0 Å². The van der Waals surface area contributed by atoms with Gasteiger partial charge in [0.15, 0.2) is 0 Å². The van der Waals surface area contributed by atoms with Crippen LogP contribution in [0.15, 0.2) is 36.4 Å². The molecule has 0 spiro atoms. The van der Waals surface area contributed by atoms with Crippen molar-refractivity contribution in [3.63, 3.8) is 0 Å². The quantitative estimate of drug-likeness (QED) is 0.837. The van der Waals surface area contributed by atoms with E-state index in [1.807, 2.05) is 24.3 Å². The molecule has 0 saturated heterocycles. The van der Waals surface area contributed by atoms with E-state index >= 15 is 0 Å². The lowest BCUT2D eigenvalue weighted by molar-refractivity contribution is -0.127. The van der Waals surface area contributed by atoms with E-state index in [2.05, 4.69) is 24.4 Å². The first kappa shape index (κ1) is 14.3. The molecule has 3 rings (SSSR count). The van der Waals surface area contributed by atoms with Crippen LogP contribution in [-0.4, -0.2) is 23.7 Å². The molecule has 0 aliphatic heterocycles. The van der Waals surface area contributed by atoms with E-state index < -0.39 is 5.41 Å². The molecule has 2 aliphatic carbocycles. The van der Waals surface area contributed by atoms with Crippen LogP contribution in [0.25, 0.3) is 0 Å². The Balaban J connectivity index is 1.77. The standard InChI is InChI=1S/C18H23NO2/c1-18(10-4-6-14-5-2-3-7-16(14)18)17(21)19-15-9-8-13(11-15)12-20/h2-3,5,7-9,13,15,20H,4,6,10-12H2,1H3,(H,19,21)/t13-,15+,18?/m0/s1. The molecule has 0 radical (unpaired) electrons. The van der Waals surface area contributed by atoms with Crippen LogP contribution < -0.4 is 5.32 Å². The molecule has 1 aromatic carbocycles. The molecule has 0 aromatic heterocycles. The van der Waals surface area contributed by atoms with Crippen molar-refractivity contribution in [2.24, 2.45) is 5.92 Å². The number of fused-ring (bicyclic) bond motifs is 1. The SMILES string of the molecule is CC1(C(=O)N[C@@H]2C=C[C@H](CO)C2)CCCc2ccccc21. The third kappa shape index (κ3) is 2.62. The minimum absolute atomic E-state index is 0.0561. The summed E-state index contributed by atoms with van der Waals surface area (Å²) in [6.45, 7) is 2.21. The van der Waals surface area contributed by atoms with Gasteiger partial charge in [-0.25, -0.2) is 0 Å². The van der Waals surface area contributed by atoms with Crippen molar-refractivity contribution in [1.82, 2.24) is 5.32 Å². The second kappa shape index (κ2) is 5.64. The van der Waals surface area contributed by atoms with Gasteiger partial charge in [0.25, 0.3) is 0 Å². The predicted molar refractivity (Wildman–Crippen MR) is 83.0 cm³/mol. The number of carbonyl (C=O) groups excluding carboxylic acids is 1. The predicted octanol–water partition coefficient (Wildman–Crippen LogP) is 2.33. The van der Waals surface area contributed by atoms with Gasteiger partial charge in [0.1, 0.15) is 0 Å². The molecule has 1 unspecified atom stereocenters. The van der Waals surface area contributed by atoms with Crippen LogP contribution >= 0.6 is 0 Å². The molecule has 2 N–H and O–H groups in total. The van der Waals surface area contributed by atoms with Gasteiger partial charge in [-0.3, -0.25) is 4.79 Å². The third-order valence-corrected chi connectivity index (χ3v) is 4.96. The third-order valence-electron chi connectivity index (χ3n) is 4.96. The second-order valence-electron chi connectivity index (χ2n) is 6.49. The van der Waals surface area contributed by atoms with Gasteiger partial charge >= 0.3 is 0 Å². The normalized spacial score (nSPS) is 31.0. The first-order valence-corrected chi connectivity index (χ1v) is 7.82. The van der Waals surface area contributed by atoms with Crippen LogP contribution in [0.4, 0.5) is 0 Å². The van der Waals surface area contributed by atoms with Gasteiger partial charge in [-0.2, -0.15) is 0 Å². The summed E-state index contributed by atoms with van der Waals surface area (Å²) < 4.78 is 0. The van der Waals surface area contributed by atoms with Gasteiger partial charge < -0.3 is 10.4 Å². The Kier molecular flexibility index (Phi) is 3.85. The van der Waals surface area contributed by atoms with Crippen molar-refractivity contribution < 1.29 is 9.90 Å². The number of hydrogen-bond acceptors (Lipinski definition) is 2. The lowest BCUT2D eigenvalue weighted by atomic mass is 9.70. The average molecular weight is 285 g/mol. The highest BCUT2D eigenvalue weighted by Gasteiger charge is 2.39. The Morgan fingerprint density at radius 1 is 1.38 bits per heavy atom. The molecule has 0 bridgehead atoms. The first-order chi connectivity index (χ1) is 10.1. The largest absolute Gasteiger partial charge is 0.396 e. The zero-order chi connectivity index (χ0) is 14.9. The smallest absolute Gasteiger partial charge is 0.230 e. The highest BCUT2D eigenvalue weighted by atomic mass is 16.3. The van der Waals surface area contributed by atoms with Crippen molar-refractivity contribution in [3.8, 4) is 0 Å². The summed E-state index contributed by atoms with van der Waals surface area (Å²) in [5.41, 5.74) is 2.05. The van der Waals surface area contributed by atoms with Crippen LogP contribution in [0.5, 0.6) is 0 Å². The van der Waals surface area contributed by atoms with E-state index in [1.165, 1.54) is 11.1 Å². The molecule has 2 aliphatic rings. The molecular formula is C18H23NO2. The molecule has 3 heteroatoms. The number of aliphatic hydroxyl groups is 1. The fourth-order valence-corrected chi connectivity index (χ4v) is 3.62. The molecule has 0 heterocycles. The van der Waals surface area contributed by atoms with E-state index in [1.54, 1.807) is 0 Å². The number of benzene rings is 1. The highest BCUT2D eigenvalue weighted by molar-refractivity contribution is 5.89. The summed E-state index contributed by atoms with van der Waals surface area (Å²) in [4.78, 5) is 12.8. The number of amides is 1.